The van der Waals surface area contributed by atoms with E-state index in [2.05, 4.69) is 11.7 Å². The van der Waals surface area contributed by atoms with Crippen molar-refractivity contribution in [2.75, 3.05) is 6.54 Å². The number of rotatable bonds is 6. The lowest BCUT2D eigenvalue weighted by atomic mass is 10.1. The van der Waals surface area contributed by atoms with Gasteiger partial charge in [-0.1, -0.05) is 53.2 Å². The highest BCUT2D eigenvalue weighted by molar-refractivity contribution is 7.16. The first-order chi connectivity index (χ1) is 11.7. The Morgan fingerprint density at radius 1 is 1.29 bits per heavy atom. The standard InChI is InChI=1S/C18H15ClN2O2S/c1-2-10-21(12-14-8-9-17(19)24-14)18(22)15-11-16(23-20-15)13-6-4-3-5-7-13/h2-9,11H,1,10,12H2. The number of aromatic nitrogens is 1. The summed E-state index contributed by atoms with van der Waals surface area (Å²) in [4.78, 5) is 15.4. The smallest absolute Gasteiger partial charge is 0.276 e. The van der Waals surface area contributed by atoms with Gasteiger partial charge in [-0.2, -0.15) is 0 Å². The molecular formula is C18H15ClN2O2S. The summed E-state index contributed by atoms with van der Waals surface area (Å²) in [6.07, 6.45) is 1.69. The summed E-state index contributed by atoms with van der Waals surface area (Å²) in [7, 11) is 0. The van der Waals surface area contributed by atoms with Gasteiger partial charge in [-0.15, -0.1) is 17.9 Å². The molecule has 4 nitrogen and oxygen atoms in total. The van der Waals surface area contributed by atoms with Crippen LogP contribution in [0.15, 0.2) is 65.7 Å². The Morgan fingerprint density at radius 3 is 2.75 bits per heavy atom. The Hall–Kier alpha value is -2.37. The van der Waals surface area contributed by atoms with Crippen molar-refractivity contribution in [3.63, 3.8) is 0 Å². The Kier molecular flexibility index (Phi) is 5.13. The van der Waals surface area contributed by atoms with E-state index in [9.17, 15) is 4.79 Å². The molecule has 2 heterocycles. The van der Waals surface area contributed by atoms with Gasteiger partial charge in [-0.3, -0.25) is 4.79 Å². The second-order valence-electron chi connectivity index (χ2n) is 5.12. The number of hydrogen-bond acceptors (Lipinski definition) is 4. The minimum atomic E-state index is -0.203. The molecule has 0 aliphatic heterocycles. The maximum absolute atomic E-state index is 12.7. The van der Waals surface area contributed by atoms with Gasteiger partial charge >= 0.3 is 0 Å². The molecule has 0 aliphatic rings. The minimum absolute atomic E-state index is 0.203. The van der Waals surface area contributed by atoms with Gasteiger partial charge in [-0.25, -0.2) is 0 Å². The van der Waals surface area contributed by atoms with E-state index >= 15 is 0 Å². The third kappa shape index (κ3) is 3.75. The molecule has 0 N–H and O–H groups in total. The van der Waals surface area contributed by atoms with Crippen molar-refractivity contribution in [3.8, 4) is 11.3 Å². The molecule has 0 unspecified atom stereocenters. The fourth-order valence-corrected chi connectivity index (χ4v) is 3.38. The summed E-state index contributed by atoms with van der Waals surface area (Å²) in [6, 6.07) is 14.9. The number of nitrogens with zero attached hydrogens (tertiary/aromatic N) is 2. The van der Waals surface area contributed by atoms with Gasteiger partial charge < -0.3 is 9.42 Å². The molecule has 0 saturated carbocycles. The van der Waals surface area contributed by atoms with E-state index in [1.807, 2.05) is 42.5 Å². The van der Waals surface area contributed by atoms with Crippen LogP contribution in [0.5, 0.6) is 0 Å². The van der Waals surface area contributed by atoms with Crippen LogP contribution in [0.1, 0.15) is 15.4 Å². The molecule has 3 aromatic rings. The quantitative estimate of drug-likeness (QED) is 0.589. The Bertz CT molecular complexity index is 842. The van der Waals surface area contributed by atoms with Gasteiger partial charge in [0.1, 0.15) is 0 Å². The predicted octanol–water partition coefficient (Wildman–Crippen LogP) is 4.88. The lowest BCUT2D eigenvalue weighted by Crippen LogP contribution is -2.30. The van der Waals surface area contributed by atoms with Crippen LogP contribution in [-0.2, 0) is 6.54 Å². The summed E-state index contributed by atoms with van der Waals surface area (Å²) < 4.78 is 6.01. The minimum Gasteiger partial charge on any atom is -0.355 e. The van der Waals surface area contributed by atoms with Crippen molar-refractivity contribution in [1.82, 2.24) is 10.1 Å². The molecule has 0 radical (unpaired) electrons. The topological polar surface area (TPSA) is 46.3 Å². The molecule has 0 fully saturated rings. The van der Waals surface area contributed by atoms with Crippen LogP contribution in [0.4, 0.5) is 0 Å². The molecule has 0 bridgehead atoms. The van der Waals surface area contributed by atoms with Gasteiger partial charge in [0, 0.05) is 23.1 Å². The van der Waals surface area contributed by atoms with E-state index in [4.69, 9.17) is 16.1 Å². The molecule has 122 valence electrons. The lowest BCUT2D eigenvalue weighted by Gasteiger charge is -2.18. The van der Waals surface area contributed by atoms with Gasteiger partial charge in [-0.05, 0) is 12.1 Å². The third-order valence-electron chi connectivity index (χ3n) is 3.40. The first-order valence-corrected chi connectivity index (χ1v) is 8.53. The van der Waals surface area contributed by atoms with Gasteiger partial charge in [0.25, 0.3) is 5.91 Å². The number of carbonyl (C=O) groups excluding carboxylic acids is 1. The number of hydrogen-bond donors (Lipinski definition) is 0. The van der Waals surface area contributed by atoms with Crippen LogP contribution < -0.4 is 0 Å². The average Bonchev–Trinajstić information content (AvgIpc) is 3.24. The summed E-state index contributed by atoms with van der Waals surface area (Å²) in [5.41, 5.74) is 1.16. The highest BCUT2D eigenvalue weighted by Gasteiger charge is 2.20. The number of thiophene rings is 1. The Morgan fingerprint density at radius 2 is 2.08 bits per heavy atom. The molecule has 0 aliphatic carbocycles. The first kappa shape index (κ1) is 16.5. The van der Waals surface area contributed by atoms with E-state index < -0.39 is 0 Å². The molecule has 0 spiro atoms. The molecule has 6 heteroatoms. The summed E-state index contributed by atoms with van der Waals surface area (Å²) >= 11 is 7.41. The number of halogens is 1. The zero-order valence-corrected chi connectivity index (χ0v) is 14.4. The highest BCUT2D eigenvalue weighted by atomic mass is 35.5. The fraction of sp³-hybridized carbons (Fsp3) is 0.111. The van der Waals surface area contributed by atoms with Crippen LogP contribution >= 0.6 is 22.9 Å². The van der Waals surface area contributed by atoms with Gasteiger partial charge in [0.2, 0.25) is 0 Å². The number of benzene rings is 1. The Balaban J connectivity index is 1.80. The predicted molar refractivity (Wildman–Crippen MR) is 96.2 cm³/mol. The fourth-order valence-electron chi connectivity index (χ4n) is 2.28. The third-order valence-corrected chi connectivity index (χ3v) is 4.62. The second kappa shape index (κ2) is 7.47. The molecule has 3 rings (SSSR count). The monoisotopic (exact) mass is 358 g/mol. The van der Waals surface area contributed by atoms with Crippen LogP contribution in [0.2, 0.25) is 4.34 Å². The molecule has 2 aromatic heterocycles. The Labute approximate surface area is 149 Å². The van der Waals surface area contributed by atoms with E-state index in [0.29, 0.717) is 23.2 Å². The van der Waals surface area contributed by atoms with Crippen molar-refractivity contribution < 1.29 is 9.32 Å². The SMILES string of the molecule is C=CCN(Cc1ccc(Cl)s1)C(=O)c1cc(-c2ccccc2)on1. The van der Waals surface area contributed by atoms with E-state index in [-0.39, 0.29) is 11.6 Å². The summed E-state index contributed by atoms with van der Waals surface area (Å²) in [5.74, 6) is 0.363. The number of carbonyl (C=O) groups is 1. The van der Waals surface area contributed by atoms with Crippen molar-refractivity contribution in [2.24, 2.45) is 0 Å². The van der Waals surface area contributed by atoms with Crippen molar-refractivity contribution in [3.05, 3.63) is 76.1 Å². The maximum atomic E-state index is 12.7. The molecule has 0 saturated heterocycles. The average molecular weight is 359 g/mol. The zero-order valence-electron chi connectivity index (χ0n) is 12.8. The molecule has 0 atom stereocenters. The van der Waals surface area contributed by atoms with E-state index in [1.54, 1.807) is 17.0 Å². The maximum Gasteiger partial charge on any atom is 0.276 e. The summed E-state index contributed by atoms with van der Waals surface area (Å²) in [6.45, 7) is 4.59. The largest absolute Gasteiger partial charge is 0.355 e. The molecule has 24 heavy (non-hydrogen) atoms. The molecular weight excluding hydrogens is 344 g/mol. The van der Waals surface area contributed by atoms with Gasteiger partial charge in [0.05, 0.1) is 10.9 Å². The van der Waals surface area contributed by atoms with Crippen molar-refractivity contribution in [1.29, 1.82) is 0 Å². The second-order valence-corrected chi connectivity index (χ2v) is 6.92. The highest BCUT2D eigenvalue weighted by Crippen LogP contribution is 2.24. The van der Waals surface area contributed by atoms with Crippen molar-refractivity contribution >= 4 is 28.8 Å². The number of amides is 1. The molecule has 1 aromatic carbocycles. The first-order valence-electron chi connectivity index (χ1n) is 7.34. The summed E-state index contributed by atoms with van der Waals surface area (Å²) in [5, 5.41) is 3.92. The molecule has 1 amide bonds. The zero-order chi connectivity index (χ0) is 16.9. The van der Waals surface area contributed by atoms with Crippen molar-refractivity contribution in [2.45, 2.75) is 6.54 Å². The normalized spacial score (nSPS) is 10.5. The van der Waals surface area contributed by atoms with E-state index in [0.717, 1.165) is 10.4 Å². The lowest BCUT2D eigenvalue weighted by molar-refractivity contribution is 0.0754. The van der Waals surface area contributed by atoms with Crippen LogP contribution in [0.3, 0.4) is 0 Å². The van der Waals surface area contributed by atoms with Gasteiger partial charge in [0.15, 0.2) is 11.5 Å². The van der Waals surface area contributed by atoms with Crippen LogP contribution in [-0.4, -0.2) is 22.5 Å². The van der Waals surface area contributed by atoms with E-state index in [1.165, 1.54) is 11.3 Å². The van der Waals surface area contributed by atoms with Crippen LogP contribution in [0.25, 0.3) is 11.3 Å². The van der Waals surface area contributed by atoms with Crippen LogP contribution in [0, 0.1) is 0 Å².